The zero-order valence-electron chi connectivity index (χ0n) is 9.43. The highest BCUT2D eigenvalue weighted by atomic mass is 19.1. The molecule has 1 saturated carbocycles. The van der Waals surface area contributed by atoms with Crippen molar-refractivity contribution in [3.05, 3.63) is 35.6 Å². The largest absolute Gasteiger partial charge is 0.207 e. The summed E-state index contributed by atoms with van der Waals surface area (Å²) in [5.74, 6) is -0.124. The standard InChI is InChI=1S/C14H19F/c1-2-14(10-4-3-5-11-14)12-6-8-13(15)9-7-12/h6-9H,2-5,10-11H2,1H3. The normalized spacial score (nSPS) is 20.1. The van der Waals surface area contributed by atoms with E-state index < -0.39 is 0 Å². The molecule has 0 saturated heterocycles. The number of hydrogen-bond donors (Lipinski definition) is 0. The Morgan fingerprint density at radius 2 is 1.67 bits per heavy atom. The topological polar surface area (TPSA) is 0 Å². The first-order valence-electron chi connectivity index (χ1n) is 6.03. The molecule has 1 aromatic rings. The summed E-state index contributed by atoms with van der Waals surface area (Å²) in [4.78, 5) is 0. The van der Waals surface area contributed by atoms with E-state index in [4.69, 9.17) is 0 Å². The number of rotatable bonds is 2. The van der Waals surface area contributed by atoms with Crippen molar-refractivity contribution < 1.29 is 4.39 Å². The second kappa shape index (κ2) is 4.34. The molecule has 82 valence electrons. The van der Waals surface area contributed by atoms with E-state index in [0.29, 0.717) is 5.41 Å². The maximum Gasteiger partial charge on any atom is 0.123 e. The van der Waals surface area contributed by atoms with Crippen LogP contribution in [0.5, 0.6) is 0 Å². The van der Waals surface area contributed by atoms with Crippen molar-refractivity contribution >= 4 is 0 Å². The zero-order chi connectivity index (χ0) is 10.7. The van der Waals surface area contributed by atoms with Crippen molar-refractivity contribution in [3.8, 4) is 0 Å². The zero-order valence-corrected chi connectivity index (χ0v) is 9.43. The highest BCUT2D eigenvalue weighted by Crippen LogP contribution is 2.41. The van der Waals surface area contributed by atoms with E-state index in [-0.39, 0.29) is 5.82 Å². The molecule has 15 heavy (non-hydrogen) atoms. The Bertz CT molecular complexity index is 307. The van der Waals surface area contributed by atoms with Gasteiger partial charge in [-0.25, -0.2) is 4.39 Å². The molecule has 0 unspecified atom stereocenters. The molecule has 0 aliphatic heterocycles. The van der Waals surface area contributed by atoms with Crippen LogP contribution in [0.15, 0.2) is 24.3 Å². The third-order valence-electron chi connectivity index (χ3n) is 3.94. The first-order valence-corrected chi connectivity index (χ1v) is 6.03. The maximum atomic E-state index is 12.9. The van der Waals surface area contributed by atoms with Crippen molar-refractivity contribution in [3.63, 3.8) is 0 Å². The Morgan fingerprint density at radius 3 is 2.20 bits per heavy atom. The maximum absolute atomic E-state index is 12.9. The van der Waals surface area contributed by atoms with Crippen LogP contribution in [-0.4, -0.2) is 0 Å². The molecule has 0 N–H and O–H groups in total. The van der Waals surface area contributed by atoms with E-state index in [1.165, 1.54) is 44.1 Å². The van der Waals surface area contributed by atoms with Crippen molar-refractivity contribution in [2.24, 2.45) is 0 Å². The predicted molar refractivity (Wildman–Crippen MR) is 61.5 cm³/mol. The molecule has 0 heterocycles. The summed E-state index contributed by atoms with van der Waals surface area (Å²) in [6, 6.07) is 7.15. The minimum atomic E-state index is -0.124. The van der Waals surface area contributed by atoms with Crippen LogP contribution >= 0.6 is 0 Å². The average molecular weight is 206 g/mol. The number of hydrogen-bond acceptors (Lipinski definition) is 0. The summed E-state index contributed by atoms with van der Waals surface area (Å²) in [5, 5.41) is 0. The van der Waals surface area contributed by atoms with Crippen LogP contribution in [0.3, 0.4) is 0 Å². The molecular weight excluding hydrogens is 187 g/mol. The molecule has 0 atom stereocenters. The first kappa shape index (κ1) is 10.7. The Kier molecular flexibility index (Phi) is 3.08. The lowest BCUT2D eigenvalue weighted by Crippen LogP contribution is -2.28. The summed E-state index contributed by atoms with van der Waals surface area (Å²) in [6.45, 7) is 2.26. The lowest BCUT2D eigenvalue weighted by atomic mass is 9.68. The van der Waals surface area contributed by atoms with Crippen LogP contribution < -0.4 is 0 Å². The molecule has 2 rings (SSSR count). The lowest BCUT2D eigenvalue weighted by Gasteiger charge is -2.37. The summed E-state index contributed by atoms with van der Waals surface area (Å²) in [6.07, 6.45) is 7.74. The second-order valence-electron chi connectivity index (χ2n) is 4.70. The molecule has 0 bridgehead atoms. The van der Waals surface area contributed by atoms with E-state index in [0.717, 1.165) is 0 Å². The molecule has 0 spiro atoms. The van der Waals surface area contributed by atoms with E-state index in [1.54, 1.807) is 12.1 Å². The summed E-state index contributed by atoms with van der Waals surface area (Å²) < 4.78 is 12.9. The van der Waals surface area contributed by atoms with Gasteiger partial charge in [0.05, 0.1) is 0 Å². The highest BCUT2D eigenvalue weighted by Gasteiger charge is 2.31. The molecule has 1 fully saturated rings. The molecular formula is C14H19F. The smallest absolute Gasteiger partial charge is 0.123 e. The Labute approximate surface area is 91.5 Å². The van der Waals surface area contributed by atoms with Gasteiger partial charge < -0.3 is 0 Å². The van der Waals surface area contributed by atoms with Crippen molar-refractivity contribution in [2.45, 2.75) is 50.9 Å². The predicted octanol–water partition coefficient (Wildman–Crippen LogP) is 4.44. The minimum absolute atomic E-state index is 0.124. The van der Waals surface area contributed by atoms with Crippen LogP contribution in [0.1, 0.15) is 51.0 Å². The summed E-state index contributed by atoms with van der Waals surface area (Å²) in [7, 11) is 0. The summed E-state index contributed by atoms with van der Waals surface area (Å²) >= 11 is 0. The minimum Gasteiger partial charge on any atom is -0.207 e. The summed E-state index contributed by atoms with van der Waals surface area (Å²) in [5.41, 5.74) is 1.68. The van der Waals surface area contributed by atoms with Gasteiger partial charge in [0, 0.05) is 0 Å². The lowest BCUT2D eigenvalue weighted by molar-refractivity contribution is 0.283. The Hall–Kier alpha value is -0.850. The molecule has 1 heteroatoms. The van der Waals surface area contributed by atoms with Crippen LogP contribution in [0, 0.1) is 5.82 Å². The fourth-order valence-electron chi connectivity index (χ4n) is 2.88. The van der Waals surface area contributed by atoms with E-state index in [2.05, 4.69) is 6.92 Å². The average Bonchev–Trinajstić information content (AvgIpc) is 2.31. The van der Waals surface area contributed by atoms with Gasteiger partial charge in [0.15, 0.2) is 0 Å². The van der Waals surface area contributed by atoms with Crippen LogP contribution in [0.25, 0.3) is 0 Å². The van der Waals surface area contributed by atoms with Crippen molar-refractivity contribution in [1.29, 1.82) is 0 Å². The van der Waals surface area contributed by atoms with Gasteiger partial charge >= 0.3 is 0 Å². The third-order valence-corrected chi connectivity index (χ3v) is 3.94. The highest BCUT2D eigenvalue weighted by molar-refractivity contribution is 5.26. The Morgan fingerprint density at radius 1 is 1.07 bits per heavy atom. The van der Waals surface area contributed by atoms with E-state index in [9.17, 15) is 4.39 Å². The molecule has 1 aliphatic rings. The molecule has 0 radical (unpaired) electrons. The van der Waals surface area contributed by atoms with Crippen LogP contribution in [0.4, 0.5) is 4.39 Å². The van der Waals surface area contributed by atoms with Gasteiger partial charge in [-0.3, -0.25) is 0 Å². The fourth-order valence-corrected chi connectivity index (χ4v) is 2.88. The van der Waals surface area contributed by atoms with Gasteiger partial charge in [-0.15, -0.1) is 0 Å². The molecule has 0 nitrogen and oxygen atoms in total. The second-order valence-corrected chi connectivity index (χ2v) is 4.70. The van der Waals surface area contributed by atoms with Gasteiger partial charge in [0.1, 0.15) is 5.82 Å². The van der Waals surface area contributed by atoms with E-state index in [1.807, 2.05) is 12.1 Å². The molecule has 1 aromatic carbocycles. The SMILES string of the molecule is CCC1(c2ccc(F)cc2)CCCCC1. The molecule has 1 aliphatic carbocycles. The van der Waals surface area contributed by atoms with Gasteiger partial charge in [-0.1, -0.05) is 38.3 Å². The monoisotopic (exact) mass is 206 g/mol. The van der Waals surface area contributed by atoms with Gasteiger partial charge in [0.25, 0.3) is 0 Å². The third kappa shape index (κ3) is 2.06. The quantitative estimate of drug-likeness (QED) is 0.671. The van der Waals surface area contributed by atoms with Crippen molar-refractivity contribution in [1.82, 2.24) is 0 Å². The van der Waals surface area contributed by atoms with E-state index >= 15 is 0 Å². The number of halogens is 1. The van der Waals surface area contributed by atoms with Gasteiger partial charge in [0.2, 0.25) is 0 Å². The number of benzene rings is 1. The van der Waals surface area contributed by atoms with Gasteiger partial charge in [-0.2, -0.15) is 0 Å². The van der Waals surface area contributed by atoms with Gasteiger partial charge in [-0.05, 0) is 42.4 Å². The fraction of sp³-hybridized carbons (Fsp3) is 0.571. The molecule has 0 aromatic heterocycles. The van der Waals surface area contributed by atoms with Crippen LogP contribution in [-0.2, 0) is 5.41 Å². The van der Waals surface area contributed by atoms with Crippen molar-refractivity contribution in [2.75, 3.05) is 0 Å². The first-order chi connectivity index (χ1) is 7.27. The molecule has 0 amide bonds. The Balaban J connectivity index is 2.28. The van der Waals surface area contributed by atoms with Crippen LogP contribution in [0.2, 0.25) is 0 Å².